The molecule has 0 unspecified atom stereocenters. The van der Waals surface area contributed by atoms with Crippen molar-refractivity contribution in [2.45, 2.75) is 26.3 Å². The second-order valence-corrected chi connectivity index (χ2v) is 10.1. The molecule has 3 aromatic carbocycles. The fraction of sp³-hybridized carbons (Fsp3) is 0.312. The van der Waals surface area contributed by atoms with Crippen LogP contribution in [0.3, 0.4) is 0 Å². The number of carbonyl (C=O) groups is 1. The second-order valence-electron chi connectivity index (χ2n) is 10.1. The van der Waals surface area contributed by atoms with Crippen molar-refractivity contribution in [2.24, 2.45) is 11.8 Å². The number of hydrogen-bond donors (Lipinski definition) is 1. The number of nitrogens with zero attached hydrogens (tertiary/aromatic N) is 2. The average Bonchev–Trinajstić information content (AvgIpc) is 3.53. The summed E-state index contributed by atoms with van der Waals surface area (Å²) in [5, 5.41) is 9.82. The van der Waals surface area contributed by atoms with Crippen LogP contribution in [0, 0.1) is 18.8 Å². The van der Waals surface area contributed by atoms with E-state index in [1.165, 1.54) is 5.56 Å². The molecule has 1 aromatic heterocycles. The lowest BCUT2D eigenvalue weighted by atomic mass is 9.90. The third-order valence-corrected chi connectivity index (χ3v) is 7.34. The SMILES string of the molecule is COc1ccc(-c2nc(CCOc3ccc(C[C@H]4CN(Cc5ccccc5)C[C@H]4C(=O)O)cc3)c(C)o2)cc1. The first-order chi connectivity index (χ1) is 19.0. The summed E-state index contributed by atoms with van der Waals surface area (Å²) in [5.74, 6) is 1.94. The minimum atomic E-state index is -0.714. The topological polar surface area (TPSA) is 85.0 Å². The lowest BCUT2D eigenvalue weighted by molar-refractivity contribution is -0.142. The summed E-state index contributed by atoms with van der Waals surface area (Å²) in [4.78, 5) is 18.9. The third kappa shape index (κ3) is 6.67. The first-order valence-corrected chi connectivity index (χ1v) is 13.3. The standard InChI is InChI=1S/C32H34N2O5/c1-22-30(33-31(39-22)25-10-14-27(37-2)15-11-25)16-17-38-28-12-8-23(9-13-28)18-26-20-34(21-29(26)32(35)36)19-24-6-4-3-5-7-24/h3-15,26,29H,16-21H2,1-2H3,(H,35,36)/t26-,29+/m0/s1. The third-order valence-electron chi connectivity index (χ3n) is 7.34. The van der Waals surface area contributed by atoms with E-state index in [9.17, 15) is 9.90 Å². The molecule has 1 fully saturated rings. The summed E-state index contributed by atoms with van der Waals surface area (Å²) >= 11 is 0. The molecule has 1 saturated heterocycles. The predicted molar refractivity (Wildman–Crippen MR) is 149 cm³/mol. The molecule has 7 nitrogen and oxygen atoms in total. The summed E-state index contributed by atoms with van der Waals surface area (Å²) in [5.41, 5.74) is 4.11. The van der Waals surface area contributed by atoms with Gasteiger partial charge in [-0.15, -0.1) is 0 Å². The van der Waals surface area contributed by atoms with Gasteiger partial charge in [0.05, 0.1) is 25.3 Å². The minimum Gasteiger partial charge on any atom is -0.497 e. The van der Waals surface area contributed by atoms with Gasteiger partial charge in [0.1, 0.15) is 17.3 Å². The van der Waals surface area contributed by atoms with Crippen molar-refractivity contribution < 1.29 is 23.8 Å². The van der Waals surface area contributed by atoms with Gasteiger partial charge in [-0.25, -0.2) is 4.98 Å². The van der Waals surface area contributed by atoms with Gasteiger partial charge in [-0.05, 0) is 66.8 Å². The molecule has 39 heavy (non-hydrogen) atoms. The molecular weight excluding hydrogens is 492 g/mol. The van der Waals surface area contributed by atoms with Gasteiger partial charge >= 0.3 is 5.97 Å². The van der Waals surface area contributed by atoms with E-state index in [-0.39, 0.29) is 11.8 Å². The molecule has 2 atom stereocenters. The molecule has 202 valence electrons. The van der Waals surface area contributed by atoms with Crippen molar-refractivity contribution in [2.75, 3.05) is 26.8 Å². The van der Waals surface area contributed by atoms with E-state index in [0.29, 0.717) is 25.5 Å². The average molecular weight is 527 g/mol. The first-order valence-electron chi connectivity index (χ1n) is 13.3. The Kier molecular flexibility index (Phi) is 8.27. The summed E-state index contributed by atoms with van der Waals surface area (Å²) in [6.07, 6.45) is 1.36. The van der Waals surface area contributed by atoms with E-state index in [1.807, 2.05) is 73.7 Å². The zero-order valence-electron chi connectivity index (χ0n) is 22.4. The second kappa shape index (κ2) is 12.2. The Morgan fingerprint density at radius 2 is 1.69 bits per heavy atom. The lowest BCUT2D eigenvalue weighted by Gasteiger charge is -2.16. The lowest BCUT2D eigenvalue weighted by Crippen LogP contribution is -2.24. The predicted octanol–water partition coefficient (Wildman–Crippen LogP) is 5.66. The van der Waals surface area contributed by atoms with Gasteiger partial charge in [0.25, 0.3) is 0 Å². The van der Waals surface area contributed by atoms with Crippen molar-refractivity contribution in [3.63, 3.8) is 0 Å². The molecule has 0 amide bonds. The van der Waals surface area contributed by atoms with Crippen LogP contribution in [-0.4, -0.2) is 47.8 Å². The van der Waals surface area contributed by atoms with Gasteiger partial charge < -0.3 is 19.0 Å². The molecule has 0 aliphatic carbocycles. The Balaban J connectivity index is 1.13. The van der Waals surface area contributed by atoms with Crippen molar-refractivity contribution in [3.05, 3.63) is 101 Å². The largest absolute Gasteiger partial charge is 0.497 e. The molecule has 1 aliphatic heterocycles. The number of aromatic nitrogens is 1. The molecule has 7 heteroatoms. The first kappa shape index (κ1) is 26.5. The highest BCUT2D eigenvalue weighted by Gasteiger charge is 2.37. The molecule has 4 aromatic rings. The van der Waals surface area contributed by atoms with Crippen LogP contribution in [0.4, 0.5) is 0 Å². The maximum absolute atomic E-state index is 12.0. The highest BCUT2D eigenvalue weighted by atomic mass is 16.5. The van der Waals surface area contributed by atoms with E-state index in [0.717, 1.165) is 53.6 Å². The summed E-state index contributed by atoms with van der Waals surface area (Å²) < 4.78 is 17.1. The molecule has 0 saturated carbocycles. The number of ether oxygens (including phenoxy) is 2. The fourth-order valence-electron chi connectivity index (χ4n) is 5.23. The highest BCUT2D eigenvalue weighted by molar-refractivity contribution is 5.71. The number of rotatable bonds is 11. The molecular formula is C32H34N2O5. The minimum absolute atomic E-state index is 0.0769. The Morgan fingerprint density at radius 3 is 2.38 bits per heavy atom. The quantitative estimate of drug-likeness (QED) is 0.270. The number of carboxylic acid groups (broad SMARTS) is 1. The van der Waals surface area contributed by atoms with Crippen molar-refractivity contribution in [1.82, 2.24) is 9.88 Å². The number of benzene rings is 3. The van der Waals surface area contributed by atoms with Gasteiger partial charge in [0.15, 0.2) is 0 Å². The molecule has 1 aliphatic rings. The van der Waals surface area contributed by atoms with Crippen LogP contribution in [0.2, 0.25) is 0 Å². The van der Waals surface area contributed by atoms with Crippen molar-refractivity contribution in [1.29, 1.82) is 0 Å². The van der Waals surface area contributed by atoms with Crippen LogP contribution in [-0.2, 0) is 24.2 Å². The van der Waals surface area contributed by atoms with Gasteiger partial charge in [0, 0.05) is 31.6 Å². The number of carboxylic acids is 1. The summed E-state index contributed by atoms with van der Waals surface area (Å²) in [6, 6.07) is 25.8. The number of likely N-dealkylation sites (tertiary alicyclic amines) is 1. The molecule has 5 rings (SSSR count). The smallest absolute Gasteiger partial charge is 0.308 e. The highest BCUT2D eigenvalue weighted by Crippen LogP contribution is 2.29. The zero-order valence-corrected chi connectivity index (χ0v) is 22.4. The van der Waals surface area contributed by atoms with E-state index >= 15 is 0 Å². The summed E-state index contributed by atoms with van der Waals surface area (Å²) in [6.45, 7) is 4.53. The van der Waals surface area contributed by atoms with Crippen LogP contribution in [0.1, 0.15) is 22.6 Å². The molecule has 0 radical (unpaired) electrons. The van der Waals surface area contributed by atoms with Gasteiger partial charge in [0.2, 0.25) is 5.89 Å². The normalized spacial score (nSPS) is 17.3. The van der Waals surface area contributed by atoms with E-state index < -0.39 is 5.97 Å². The van der Waals surface area contributed by atoms with Crippen LogP contribution >= 0.6 is 0 Å². The van der Waals surface area contributed by atoms with Gasteiger partial charge in [-0.2, -0.15) is 0 Å². The Labute approximate surface area is 229 Å². The maximum Gasteiger partial charge on any atom is 0.308 e. The molecule has 2 heterocycles. The molecule has 1 N–H and O–H groups in total. The fourth-order valence-corrected chi connectivity index (χ4v) is 5.23. The number of aliphatic carboxylic acids is 1. The number of methoxy groups -OCH3 is 1. The van der Waals surface area contributed by atoms with Crippen molar-refractivity contribution in [3.8, 4) is 23.0 Å². The van der Waals surface area contributed by atoms with E-state index in [4.69, 9.17) is 13.9 Å². The monoisotopic (exact) mass is 526 g/mol. The van der Waals surface area contributed by atoms with Crippen molar-refractivity contribution >= 4 is 5.97 Å². The molecule has 0 spiro atoms. The van der Waals surface area contributed by atoms with E-state index in [2.05, 4.69) is 22.0 Å². The number of oxazole rings is 1. The maximum atomic E-state index is 12.0. The zero-order chi connectivity index (χ0) is 27.2. The Hall–Kier alpha value is -4.10. The van der Waals surface area contributed by atoms with Crippen LogP contribution < -0.4 is 9.47 Å². The van der Waals surface area contributed by atoms with Gasteiger partial charge in [-0.1, -0.05) is 42.5 Å². The number of hydrogen-bond acceptors (Lipinski definition) is 6. The Morgan fingerprint density at radius 1 is 0.974 bits per heavy atom. The molecule has 0 bridgehead atoms. The van der Waals surface area contributed by atoms with Crippen LogP contribution in [0.25, 0.3) is 11.5 Å². The number of aryl methyl sites for hydroxylation is 1. The summed E-state index contributed by atoms with van der Waals surface area (Å²) in [7, 11) is 1.64. The van der Waals surface area contributed by atoms with Crippen LogP contribution in [0.15, 0.2) is 83.3 Å². The van der Waals surface area contributed by atoms with E-state index in [1.54, 1.807) is 7.11 Å². The van der Waals surface area contributed by atoms with Crippen LogP contribution in [0.5, 0.6) is 11.5 Å². The van der Waals surface area contributed by atoms with Gasteiger partial charge in [-0.3, -0.25) is 9.69 Å². The Bertz CT molecular complexity index is 1370.